The summed E-state index contributed by atoms with van der Waals surface area (Å²) in [5, 5.41) is 3.99. The number of hydrogen-bond donors (Lipinski definition) is 1. The normalized spacial score (nSPS) is 13.2. The molecule has 0 saturated heterocycles. The van der Waals surface area contributed by atoms with E-state index < -0.39 is 0 Å². The van der Waals surface area contributed by atoms with Gasteiger partial charge in [-0.2, -0.15) is 0 Å². The van der Waals surface area contributed by atoms with Gasteiger partial charge in [0.15, 0.2) is 0 Å². The SMILES string of the molecule is CC(C)Nc1nc2c(c(=O)n1-c1ccc(Br)cc1)CCN(C(=O)c1ccc(Cl)c(Cl)c1)C2. The summed E-state index contributed by atoms with van der Waals surface area (Å²) < 4.78 is 2.52. The van der Waals surface area contributed by atoms with E-state index in [1.165, 1.54) is 0 Å². The highest BCUT2D eigenvalue weighted by Crippen LogP contribution is 2.25. The average Bonchev–Trinajstić information content (AvgIpc) is 2.75. The summed E-state index contributed by atoms with van der Waals surface area (Å²) in [7, 11) is 0. The Bertz CT molecular complexity index is 1240. The number of amides is 1. The Morgan fingerprint density at radius 3 is 2.50 bits per heavy atom. The first kappa shape index (κ1) is 22.8. The van der Waals surface area contributed by atoms with Crippen LogP contribution < -0.4 is 10.9 Å². The summed E-state index contributed by atoms with van der Waals surface area (Å²) in [6.45, 7) is 4.63. The number of carbonyl (C=O) groups is 1. The standard InChI is InChI=1S/C23H21BrCl2N4O2/c1-13(2)27-23-28-20-12-29(21(31)14-3-8-18(25)19(26)11-14)10-9-17(20)22(32)30(23)16-6-4-15(24)5-7-16/h3-8,11,13H,9-10,12H2,1-2H3,(H,27,28). The van der Waals surface area contributed by atoms with E-state index in [0.717, 1.165) is 10.2 Å². The largest absolute Gasteiger partial charge is 0.353 e. The number of rotatable bonds is 4. The highest BCUT2D eigenvalue weighted by atomic mass is 79.9. The van der Waals surface area contributed by atoms with Crippen LogP contribution in [-0.2, 0) is 13.0 Å². The molecule has 0 spiro atoms. The van der Waals surface area contributed by atoms with E-state index in [0.29, 0.717) is 45.8 Å². The second-order valence-electron chi connectivity index (χ2n) is 7.88. The highest BCUT2D eigenvalue weighted by molar-refractivity contribution is 9.10. The van der Waals surface area contributed by atoms with Crippen LogP contribution in [0.3, 0.4) is 0 Å². The first-order valence-electron chi connectivity index (χ1n) is 10.2. The predicted molar refractivity (Wildman–Crippen MR) is 131 cm³/mol. The molecule has 0 atom stereocenters. The Hall–Kier alpha value is -2.35. The molecule has 2 heterocycles. The van der Waals surface area contributed by atoms with Crippen molar-refractivity contribution in [1.82, 2.24) is 14.5 Å². The van der Waals surface area contributed by atoms with Crippen LogP contribution in [0.5, 0.6) is 0 Å². The van der Waals surface area contributed by atoms with Crippen molar-refractivity contribution in [3.05, 3.63) is 84.2 Å². The second-order valence-corrected chi connectivity index (χ2v) is 9.61. The van der Waals surface area contributed by atoms with Gasteiger partial charge in [0.2, 0.25) is 5.95 Å². The average molecular weight is 536 g/mol. The van der Waals surface area contributed by atoms with Gasteiger partial charge in [0, 0.05) is 28.2 Å². The zero-order chi connectivity index (χ0) is 23.0. The Labute approximate surface area is 204 Å². The minimum atomic E-state index is -0.175. The highest BCUT2D eigenvalue weighted by Gasteiger charge is 2.27. The lowest BCUT2D eigenvalue weighted by atomic mass is 10.0. The third-order valence-corrected chi connectivity index (χ3v) is 6.46. The van der Waals surface area contributed by atoms with Gasteiger partial charge in [-0.3, -0.25) is 9.59 Å². The van der Waals surface area contributed by atoms with Crippen LogP contribution in [0, 0.1) is 0 Å². The summed E-state index contributed by atoms with van der Waals surface area (Å²) in [5.74, 6) is 0.279. The van der Waals surface area contributed by atoms with E-state index in [1.54, 1.807) is 27.7 Å². The third kappa shape index (κ3) is 4.56. The summed E-state index contributed by atoms with van der Waals surface area (Å²) in [6.07, 6.45) is 0.423. The number of nitrogens with zero attached hydrogens (tertiary/aromatic N) is 3. The molecule has 1 aliphatic rings. The summed E-state index contributed by atoms with van der Waals surface area (Å²) in [6, 6.07) is 12.4. The number of benzene rings is 2. The number of halogens is 3. The molecule has 2 aromatic carbocycles. The molecule has 0 radical (unpaired) electrons. The fourth-order valence-electron chi connectivity index (χ4n) is 3.66. The van der Waals surface area contributed by atoms with Gasteiger partial charge in [0.1, 0.15) is 0 Å². The van der Waals surface area contributed by atoms with Crippen LogP contribution in [-0.4, -0.2) is 32.9 Å². The molecule has 166 valence electrons. The fourth-order valence-corrected chi connectivity index (χ4v) is 4.22. The van der Waals surface area contributed by atoms with Gasteiger partial charge in [0.05, 0.1) is 28.0 Å². The predicted octanol–water partition coefficient (Wildman–Crippen LogP) is 5.32. The lowest BCUT2D eigenvalue weighted by Gasteiger charge is -2.29. The summed E-state index contributed by atoms with van der Waals surface area (Å²) in [5.41, 5.74) is 2.28. The van der Waals surface area contributed by atoms with Gasteiger partial charge in [-0.15, -0.1) is 0 Å². The Morgan fingerprint density at radius 1 is 1.12 bits per heavy atom. The van der Waals surface area contributed by atoms with E-state index in [2.05, 4.69) is 21.2 Å². The zero-order valence-electron chi connectivity index (χ0n) is 17.5. The van der Waals surface area contributed by atoms with E-state index in [4.69, 9.17) is 28.2 Å². The van der Waals surface area contributed by atoms with Crippen LogP contribution in [0.25, 0.3) is 5.69 Å². The topological polar surface area (TPSA) is 67.2 Å². The van der Waals surface area contributed by atoms with E-state index in [1.807, 2.05) is 38.1 Å². The van der Waals surface area contributed by atoms with Crippen molar-refractivity contribution in [2.24, 2.45) is 0 Å². The van der Waals surface area contributed by atoms with Crippen LogP contribution in [0.2, 0.25) is 10.0 Å². The smallest absolute Gasteiger partial charge is 0.263 e. The molecule has 1 aliphatic heterocycles. The fraction of sp³-hybridized carbons (Fsp3) is 0.261. The van der Waals surface area contributed by atoms with E-state index >= 15 is 0 Å². The minimum absolute atomic E-state index is 0.0687. The molecule has 0 unspecified atom stereocenters. The maximum absolute atomic E-state index is 13.5. The van der Waals surface area contributed by atoms with E-state index in [9.17, 15) is 9.59 Å². The summed E-state index contributed by atoms with van der Waals surface area (Å²) in [4.78, 5) is 32.9. The maximum atomic E-state index is 13.5. The first-order valence-corrected chi connectivity index (χ1v) is 11.7. The molecule has 4 rings (SSSR count). The van der Waals surface area contributed by atoms with Crippen LogP contribution in [0.15, 0.2) is 51.7 Å². The third-order valence-electron chi connectivity index (χ3n) is 5.19. The molecule has 32 heavy (non-hydrogen) atoms. The quantitative estimate of drug-likeness (QED) is 0.491. The van der Waals surface area contributed by atoms with Crippen molar-refractivity contribution in [3.63, 3.8) is 0 Å². The number of fused-ring (bicyclic) bond motifs is 1. The zero-order valence-corrected chi connectivity index (χ0v) is 20.6. The van der Waals surface area contributed by atoms with Crippen molar-refractivity contribution in [1.29, 1.82) is 0 Å². The second kappa shape index (κ2) is 9.25. The number of aromatic nitrogens is 2. The first-order chi connectivity index (χ1) is 15.2. The molecule has 1 amide bonds. The van der Waals surface area contributed by atoms with Gasteiger partial charge in [-0.05, 0) is 62.7 Å². The molecule has 0 aliphatic carbocycles. The maximum Gasteiger partial charge on any atom is 0.263 e. The van der Waals surface area contributed by atoms with Gasteiger partial charge < -0.3 is 10.2 Å². The lowest BCUT2D eigenvalue weighted by Crippen LogP contribution is -2.41. The Morgan fingerprint density at radius 2 is 1.84 bits per heavy atom. The monoisotopic (exact) mass is 534 g/mol. The minimum Gasteiger partial charge on any atom is -0.353 e. The molecule has 1 aromatic heterocycles. The van der Waals surface area contributed by atoms with Gasteiger partial charge in [-0.25, -0.2) is 9.55 Å². The van der Waals surface area contributed by atoms with E-state index in [-0.39, 0.29) is 24.1 Å². The molecule has 1 N–H and O–H groups in total. The number of nitrogens with one attached hydrogen (secondary N) is 1. The molecule has 0 saturated carbocycles. The van der Waals surface area contributed by atoms with Crippen LogP contribution in [0.4, 0.5) is 5.95 Å². The van der Waals surface area contributed by atoms with Crippen molar-refractivity contribution < 1.29 is 4.79 Å². The molecule has 6 nitrogen and oxygen atoms in total. The number of anilines is 1. The molecule has 0 bridgehead atoms. The molecular weight excluding hydrogens is 515 g/mol. The molecule has 9 heteroatoms. The Balaban J connectivity index is 1.73. The molecule has 0 fully saturated rings. The number of carbonyl (C=O) groups excluding carboxylic acids is 1. The van der Waals surface area contributed by atoms with Gasteiger partial charge in [-0.1, -0.05) is 39.1 Å². The van der Waals surface area contributed by atoms with Gasteiger partial charge >= 0.3 is 0 Å². The van der Waals surface area contributed by atoms with Crippen molar-refractivity contribution in [2.45, 2.75) is 32.9 Å². The Kier molecular flexibility index (Phi) is 6.60. The van der Waals surface area contributed by atoms with Gasteiger partial charge in [0.25, 0.3) is 11.5 Å². The summed E-state index contributed by atoms with van der Waals surface area (Å²) >= 11 is 15.5. The lowest BCUT2D eigenvalue weighted by molar-refractivity contribution is 0.0731. The molecular formula is C23H21BrCl2N4O2. The van der Waals surface area contributed by atoms with Crippen LogP contribution in [0.1, 0.15) is 35.5 Å². The van der Waals surface area contributed by atoms with Crippen molar-refractivity contribution in [2.75, 3.05) is 11.9 Å². The van der Waals surface area contributed by atoms with Crippen LogP contribution >= 0.6 is 39.1 Å². The number of hydrogen-bond acceptors (Lipinski definition) is 4. The van der Waals surface area contributed by atoms with Crippen molar-refractivity contribution in [3.8, 4) is 5.69 Å². The molecule has 3 aromatic rings. The van der Waals surface area contributed by atoms with Crippen molar-refractivity contribution >= 4 is 51.0 Å².